The van der Waals surface area contributed by atoms with Crippen molar-refractivity contribution < 1.29 is 38.8 Å². The molecule has 1 heterocycles. The highest BCUT2D eigenvalue weighted by molar-refractivity contribution is 5.86. The van der Waals surface area contributed by atoms with Gasteiger partial charge >= 0.3 is 17.9 Å². The first-order chi connectivity index (χ1) is 14.7. The third-order valence-corrected chi connectivity index (χ3v) is 9.01. The molecule has 32 heavy (non-hydrogen) atoms. The van der Waals surface area contributed by atoms with Crippen LogP contribution in [0.15, 0.2) is 11.6 Å². The van der Waals surface area contributed by atoms with Crippen LogP contribution in [-0.2, 0) is 28.6 Å². The largest absolute Gasteiger partial charge is 0.459 e. The van der Waals surface area contributed by atoms with Crippen LogP contribution in [0.3, 0.4) is 0 Å². The van der Waals surface area contributed by atoms with Crippen LogP contribution in [0, 0.1) is 28.6 Å². The number of rotatable bonds is 2. The van der Waals surface area contributed by atoms with Crippen molar-refractivity contribution in [2.75, 3.05) is 0 Å². The van der Waals surface area contributed by atoms with Gasteiger partial charge in [-0.3, -0.25) is 9.59 Å². The predicted molar refractivity (Wildman–Crippen MR) is 112 cm³/mol. The lowest BCUT2D eigenvalue weighted by molar-refractivity contribution is -0.318. The first kappa shape index (κ1) is 23.2. The molecule has 0 bridgehead atoms. The van der Waals surface area contributed by atoms with Gasteiger partial charge in [0.15, 0.2) is 0 Å². The SMILES string of the molecule is CC(=O)O[C@H]1CC(C)(C)[C@]2(O)CC[C@H]3[C@@H](C)C4=CC(=O)O[C@]4(O)C[C@@H]3[C@@]2(C)[C@H]1OC(C)=O. The second-order valence-corrected chi connectivity index (χ2v) is 11.0. The van der Waals surface area contributed by atoms with Gasteiger partial charge in [0.25, 0.3) is 0 Å². The Labute approximate surface area is 188 Å². The maximum absolute atomic E-state index is 12.3. The highest BCUT2D eigenvalue weighted by Crippen LogP contribution is 2.69. The van der Waals surface area contributed by atoms with Gasteiger partial charge in [0.2, 0.25) is 5.79 Å². The van der Waals surface area contributed by atoms with Crippen LogP contribution >= 0.6 is 0 Å². The van der Waals surface area contributed by atoms with E-state index in [1.807, 2.05) is 27.7 Å². The second kappa shape index (κ2) is 7.03. The van der Waals surface area contributed by atoms with E-state index in [1.54, 1.807) is 0 Å². The molecule has 3 aliphatic carbocycles. The Bertz CT molecular complexity index is 892. The van der Waals surface area contributed by atoms with Gasteiger partial charge in [0.05, 0.1) is 5.60 Å². The number of carbonyl (C=O) groups is 3. The molecule has 0 aromatic rings. The van der Waals surface area contributed by atoms with Gasteiger partial charge < -0.3 is 24.4 Å². The van der Waals surface area contributed by atoms with Crippen LogP contribution in [0.4, 0.5) is 0 Å². The average molecular weight is 451 g/mol. The number of esters is 3. The van der Waals surface area contributed by atoms with Crippen molar-refractivity contribution in [1.29, 1.82) is 0 Å². The number of carbonyl (C=O) groups excluding carboxylic acids is 3. The molecule has 0 saturated heterocycles. The van der Waals surface area contributed by atoms with Crippen LogP contribution in [-0.4, -0.2) is 51.7 Å². The summed E-state index contributed by atoms with van der Waals surface area (Å²) in [4.78, 5) is 36.1. The number of ether oxygens (including phenoxy) is 3. The van der Waals surface area contributed by atoms with Gasteiger partial charge in [-0.2, -0.15) is 0 Å². The maximum Gasteiger partial charge on any atom is 0.333 e. The lowest BCUT2D eigenvalue weighted by Gasteiger charge is -2.69. The number of aliphatic hydroxyl groups is 2. The molecule has 0 amide bonds. The molecule has 2 N–H and O–H groups in total. The summed E-state index contributed by atoms with van der Waals surface area (Å²) in [6.45, 7) is 10.3. The van der Waals surface area contributed by atoms with Crippen molar-refractivity contribution in [3.05, 3.63) is 11.6 Å². The Hall–Kier alpha value is -1.93. The third-order valence-electron chi connectivity index (χ3n) is 9.01. The molecule has 3 saturated carbocycles. The van der Waals surface area contributed by atoms with E-state index in [0.29, 0.717) is 24.8 Å². The van der Waals surface area contributed by atoms with Crippen LogP contribution in [0.25, 0.3) is 0 Å². The smallest absolute Gasteiger partial charge is 0.333 e. The van der Waals surface area contributed by atoms with Gasteiger partial charge in [-0.1, -0.05) is 27.7 Å². The molecule has 0 spiro atoms. The summed E-state index contributed by atoms with van der Waals surface area (Å²) in [5.41, 5.74) is -2.43. The molecule has 8 heteroatoms. The van der Waals surface area contributed by atoms with Crippen molar-refractivity contribution in [2.45, 2.75) is 90.8 Å². The second-order valence-electron chi connectivity index (χ2n) is 11.0. The Morgan fingerprint density at radius 1 is 1.09 bits per heavy atom. The fourth-order valence-electron chi connectivity index (χ4n) is 7.60. The summed E-state index contributed by atoms with van der Waals surface area (Å²) in [6.07, 6.45) is 1.28. The minimum Gasteiger partial charge on any atom is -0.459 e. The molecule has 8 atom stereocenters. The Morgan fingerprint density at radius 2 is 1.72 bits per heavy atom. The summed E-state index contributed by atoms with van der Waals surface area (Å²) in [5, 5.41) is 23.6. The summed E-state index contributed by atoms with van der Waals surface area (Å²) in [5.74, 6) is -3.85. The molecule has 0 radical (unpaired) electrons. The average Bonchev–Trinajstić information content (AvgIpc) is 2.95. The van der Waals surface area contributed by atoms with Crippen molar-refractivity contribution in [1.82, 2.24) is 0 Å². The molecule has 4 rings (SSSR count). The molecule has 4 aliphatic rings. The number of hydrogen-bond acceptors (Lipinski definition) is 8. The van der Waals surface area contributed by atoms with Crippen molar-refractivity contribution >= 4 is 17.9 Å². The van der Waals surface area contributed by atoms with Gasteiger partial charge in [0, 0.05) is 37.3 Å². The van der Waals surface area contributed by atoms with Gasteiger partial charge in [-0.25, -0.2) is 4.79 Å². The summed E-state index contributed by atoms with van der Waals surface area (Å²) >= 11 is 0. The molecule has 178 valence electrons. The monoisotopic (exact) mass is 450 g/mol. The first-order valence-corrected chi connectivity index (χ1v) is 11.4. The van der Waals surface area contributed by atoms with E-state index in [4.69, 9.17) is 14.2 Å². The molecule has 3 fully saturated rings. The van der Waals surface area contributed by atoms with Crippen LogP contribution in [0.2, 0.25) is 0 Å². The fraction of sp³-hybridized carbons (Fsp3) is 0.792. The molecule has 0 aromatic carbocycles. The Balaban J connectivity index is 1.88. The van der Waals surface area contributed by atoms with E-state index in [0.717, 1.165) is 0 Å². The van der Waals surface area contributed by atoms with E-state index in [9.17, 15) is 24.6 Å². The minimum atomic E-state index is -1.75. The lowest BCUT2D eigenvalue weighted by Crippen LogP contribution is -2.75. The zero-order valence-corrected chi connectivity index (χ0v) is 19.6. The van der Waals surface area contributed by atoms with E-state index in [-0.39, 0.29) is 24.2 Å². The highest BCUT2D eigenvalue weighted by atomic mass is 16.7. The Kier molecular flexibility index (Phi) is 5.11. The van der Waals surface area contributed by atoms with Crippen molar-refractivity contribution in [2.24, 2.45) is 28.6 Å². The van der Waals surface area contributed by atoms with Crippen molar-refractivity contribution in [3.8, 4) is 0 Å². The maximum atomic E-state index is 12.3. The minimum absolute atomic E-state index is 0.0197. The van der Waals surface area contributed by atoms with E-state index >= 15 is 0 Å². The molecular formula is C24H34O8. The fourth-order valence-corrected chi connectivity index (χ4v) is 7.60. The van der Waals surface area contributed by atoms with Gasteiger partial charge in [-0.15, -0.1) is 0 Å². The number of fused-ring (bicyclic) bond motifs is 4. The topological polar surface area (TPSA) is 119 Å². The van der Waals surface area contributed by atoms with Gasteiger partial charge in [0.1, 0.15) is 12.2 Å². The first-order valence-electron chi connectivity index (χ1n) is 11.4. The van der Waals surface area contributed by atoms with Crippen molar-refractivity contribution in [3.63, 3.8) is 0 Å². The summed E-state index contributed by atoms with van der Waals surface area (Å²) in [7, 11) is 0. The predicted octanol–water partition coefficient (Wildman–Crippen LogP) is 2.25. The van der Waals surface area contributed by atoms with Crippen LogP contribution < -0.4 is 0 Å². The Morgan fingerprint density at radius 3 is 2.31 bits per heavy atom. The zero-order valence-electron chi connectivity index (χ0n) is 19.6. The quantitative estimate of drug-likeness (QED) is 0.486. The van der Waals surface area contributed by atoms with E-state index in [1.165, 1.54) is 19.9 Å². The zero-order chi connectivity index (χ0) is 23.9. The molecular weight excluding hydrogens is 416 g/mol. The molecule has 8 nitrogen and oxygen atoms in total. The number of hydrogen-bond donors (Lipinski definition) is 2. The molecule has 1 aliphatic heterocycles. The lowest BCUT2D eigenvalue weighted by atomic mass is 9.39. The van der Waals surface area contributed by atoms with Crippen LogP contribution in [0.5, 0.6) is 0 Å². The highest BCUT2D eigenvalue weighted by Gasteiger charge is 2.74. The van der Waals surface area contributed by atoms with E-state index in [2.05, 4.69) is 0 Å². The molecule has 0 aromatic heterocycles. The summed E-state index contributed by atoms with van der Waals surface area (Å²) < 4.78 is 16.8. The third kappa shape index (κ3) is 2.98. The molecule has 0 unspecified atom stereocenters. The summed E-state index contributed by atoms with van der Waals surface area (Å²) in [6, 6.07) is 0. The van der Waals surface area contributed by atoms with Gasteiger partial charge in [-0.05, 0) is 42.4 Å². The van der Waals surface area contributed by atoms with Crippen LogP contribution in [0.1, 0.15) is 67.2 Å². The normalized spacial score (nSPS) is 46.7. The standard InChI is InChI=1S/C24H34O8/c1-12-15-7-8-24(29)21(4,5)11-18(30-13(2)25)20(31-14(3)26)22(24,6)17(15)10-23(28)16(12)9-19(27)32-23/h9,12,15,17-18,20,28-29H,7-8,10-11H2,1-6H3/t12-,15+,17+,18+,20+,22+,23-,24-/m1/s1. The van der Waals surface area contributed by atoms with E-state index < -0.39 is 52.3 Å².